The zero-order valence-electron chi connectivity index (χ0n) is 13.7. The Balaban J connectivity index is 1.59. The molecule has 0 aliphatic carbocycles. The van der Waals surface area contributed by atoms with E-state index in [4.69, 9.17) is 9.47 Å². The Labute approximate surface area is 145 Å². The van der Waals surface area contributed by atoms with Crippen LogP contribution in [-0.4, -0.2) is 23.5 Å². The monoisotopic (exact) mass is 338 g/mol. The lowest BCUT2D eigenvalue weighted by atomic mass is 10.1. The van der Waals surface area contributed by atoms with E-state index in [1.165, 1.54) is 0 Å². The molecule has 1 aliphatic heterocycles. The highest BCUT2D eigenvalue weighted by Crippen LogP contribution is 2.32. The highest BCUT2D eigenvalue weighted by atomic mass is 16.7. The van der Waals surface area contributed by atoms with Crippen LogP contribution >= 0.6 is 0 Å². The summed E-state index contributed by atoms with van der Waals surface area (Å²) >= 11 is 0. The van der Waals surface area contributed by atoms with Gasteiger partial charge >= 0.3 is 0 Å². The van der Waals surface area contributed by atoms with Crippen molar-refractivity contribution in [2.75, 3.05) is 6.79 Å². The van der Waals surface area contributed by atoms with Gasteiger partial charge in [-0.3, -0.25) is 4.79 Å². The first-order chi connectivity index (χ1) is 12.1. The first-order valence-electron chi connectivity index (χ1n) is 7.78. The summed E-state index contributed by atoms with van der Waals surface area (Å²) in [4.78, 5) is 11.9. The summed E-state index contributed by atoms with van der Waals surface area (Å²) in [6, 6.07) is 14.3. The summed E-state index contributed by atoms with van der Waals surface area (Å²) in [7, 11) is 0. The molecule has 3 rings (SSSR count). The molecule has 1 atom stereocenters. The van der Waals surface area contributed by atoms with Crippen molar-refractivity contribution < 1.29 is 19.4 Å². The molecule has 0 bridgehead atoms. The smallest absolute Gasteiger partial charge is 0.273 e. The van der Waals surface area contributed by atoms with E-state index >= 15 is 0 Å². The van der Waals surface area contributed by atoms with E-state index in [9.17, 15) is 9.90 Å². The third-order valence-electron chi connectivity index (χ3n) is 3.62. The van der Waals surface area contributed by atoms with Crippen LogP contribution in [0.2, 0.25) is 0 Å². The van der Waals surface area contributed by atoms with Crippen molar-refractivity contribution >= 4 is 17.7 Å². The molecule has 0 aromatic heterocycles. The average molecular weight is 338 g/mol. The Morgan fingerprint density at radius 2 is 1.96 bits per heavy atom. The number of ether oxygens (including phenoxy) is 2. The van der Waals surface area contributed by atoms with Crippen LogP contribution in [0.4, 0.5) is 0 Å². The van der Waals surface area contributed by atoms with Crippen molar-refractivity contribution in [3.8, 4) is 11.5 Å². The topological polar surface area (TPSA) is 80.2 Å². The first kappa shape index (κ1) is 16.7. The largest absolute Gasteiger partial charge is 0.454 e. The second-order valence-electron chi connectivity index (χ2n) is 5.49. The highest BCUT2D eigenvalue weighted by molar-refractivity contribution is 5.97. The van der Waals surface area contributed by atoms with Crippen molar-refractivity contribution in [2.45, 2.75) is 13.0 Å². The second kappa shape index (κ2) is 7.63. The maximum absolute atomic E-state index is 11.9. The number of fused-ring (bicyclic) bond motifs is 1. The predicted molar refractivity (Wildman–Crippen MR) is 94.3 cm³/mol. The zero-order chi connectivity index (χ0) is 17.6. The third-order valence-corrected chi connectivity index (χ3v) is 3.62. The molecular formula is C19H18N2O4. The lowest BCUT2D eigenvalue weighted by Crippen LogP contribution is -2.25. The number of benzene rings is 2. The van der Waals surface area contributed by atoms with E-state index in [2.05, 4.69) is 10.5 Å². The molecule has 0 spiro atoms. The number of hydrogen-bond donors (Lipinski definition) is 2. The quantitative estimate of drug-likeness (QED) is 0.649. The van der Waals surface area contributed by atoms with Gasteiger partial charge in [-0.05, 0) is 36.3 Å². The number of amides is 1. The van der Waals surface area contributed by atoms with E-state index in [1.807, 2.05) is 30.3 Å². The van der Waals surface area contributed by atoms with Crippen LogP contribution in [0.1, 0.15) is 24.2 Å². The van der Waals surface area contributed by atoms with E-state index in [0.717, 1.165) is 11.3 Å². The number of hydrazone groups is 1. The fourth-order valence-electron chi connectivity index (χ4n) is 2.26. The summed E-state index contributed by atoms with van der Waals surface area (Å²) in [5.41, 5.74) is 4.39. The van der Waals surface area contributed by atoms with Gasteiger partial charge in [0.05, 0.1) is 5.71 Å². The number of rotatable bonds is 5. The second-order valence-corrected chi connectivity index (χ2v) is 5.49. The van der Waals surface area contributed by atoms with Gasteiger partial charge in [0.25, 0.3) is 5.91 Å². The van der Waals surface area contributed by atoms with Crippen molar-refractivity contribution in [1.29, 1.82) is 0 Å². The number of allylic oxidation sites excluding steroid dienone is 1. The van der Waals surface area contributed by atoms with Gasteiger partial charge < -0.3 is 14.6 Å². The van der Waals surface area contributed by atoms with Gasteiger partial charge in [0.15, 0.2) is 17.6 Å². The molecule has 2 N–H and O–H groups in total. The fraction of sp³-hybridized carbons (Fsp3) is 0.158. The van der Waals surface area contributed by atoms with Crippen LogP contribution in [0.3, 0.4) is 0 Å². The minimum absolute atomic E-state index is 0.235. The summed E-state index contributed by atoms with van der Waals surface area (Å²) in [5, 5.41) is 13.9. The van der Waals surface area contributed by atoms with Crippen LogP contribution in [0.25, 0.3) is 6.08 Å². The standard InChI is InChI=1S/C19H18N2O4/c1-13(7-8-14-9-10-16-17(11-14)25-12-24-16)20-21-19(23)18(22)15-5-3-2-4-6-15/h2-11,18,22H,12H2,1H3,(H,21,23)/b8-7+,20-13?/t18-/m1/s1. The molecule has 1 heterocycles. The van der Waals surface area contributed by atoms with Crippen LogP contribution < -0.4 is 14.9 Å². The number of nitrogens with one attached hydrogen (secondary N) is 1. The Hall–Kier alpha value is -3.12. The molecule has 0 radical (unpaired) electrons. The van der Waals surface area contributed by atoms with Crippen LogP contribution in [0.5, 0.6) is 11.5 Å². The Kier molecular flexibility index (Phi) is 5.11. The lowest BCUT2D eigenvalue weighted by molar-refractivity contribution is -0.129. The molecule has 25 heavy (non-hydrogen) atoms. The van der Waals surface area contributed by atoms with Gasteiger partial charge in [0.1, 0.15) is 0 Å². The molecule has 0 fully saturated rings. The van der Waals surface area contributed by atoms with Crippen molar-refractivity contribution in [2.24, 2.45) is 5.10 Å². The number of aliphatic hydroxyl groups is 1. The number of carbonyl (C=O) groups excluding carboxylic acids is 1. The average Bonchev–Trinajstić information content (AvgIpc) is 3.12. The van der Waals surface area contributed by atoms with Gasteiger partial charge in [-0.15, -0.1) is 0 Å². The first-order valence-corrected chi connectivity index (χ1v) is 7.78. The van der Waals surface area contributed by atoms with Gasteiger partial charge in [-0.2, -0.15) is 5.10 Å². The summed E-state index contributed by atoms with van der Waals surface area (Å²) in [6.45, 7) is 1.98. The van der Waals surface area contributed by atoms with Gasteiger partial charge in [0.2, 0.25) is 6.79 Å². The van der Waals surface area contributed by atoms with Gasteiger partial charge in [0, 0.05) is 0 Å². The van der Waals surface area contributed by atoms with Crippen molar-refractivity contribution in [3.05, 3.63) is 65.7 Å². The summed E-state index contributed by atoms with van der Waals surface area (Å²) in [5.74, 6) is 0.850. The molecule has 2 aromatic rings. The van der Waals surface area contributed by atoms with E-state index in [0.29, 0.717) is 17.0 Å². The minimum atomic E-state index is -1.25. The molecular weight excluding hydrogens is 320 g/mol. The van der Waals surface area contributed by atoms with Crippen molar-refractivity contribution in [1.82, 2.24) is 5.43 Å². The van der Waals surface area contributed by atoms with Gasteiger partial charge in [-0.1, -0.05) is 42.5 Å². The van der Waals surface area contributed by atoms with Crippen LogP contribution in [0.15, 0.2) is 59.7 Å². The lowest BCUT2D eigenvalue weighted by Gasteiger charge is -2.08. The van der Waals surface area contributed by atoms with E-state index in [-0.39, 0.29) is 6.79 Å². The van der Waals surface area contributed by atoms with E-state index in [1.54, 1.807) is 37.3 Å². The SMILES string of the molecule is CC(/C=C/c1ccc2c(c1)OCO2)=NNC(=O)[C@H](O)c1ccccc1. The predicted octanol–water partition coefficient (Wildman–Crippen LogP) is 2.65. The molecule has 6 heteroatoms. The Bertz CT molecular complexity index is 815. The number of carbonyl (C=O) groups is 1. The minimum Gasteiger partial charge on any atom is -0.454 e. The maximum Gasteiger partial charge on any atom is 0.273 e. The van der Waals surface area contributed by atoms with Gasteiger partial charge in [-0.25, -0.2) is 5.43 Å². The highest BCUT2D eigenvalue weighted by Gasteiger charge is 2.16. The Morgan fingerprint density at radius 1 is 1.20 bits per heavy atom. The zero-order valence-corrected chi connectivity index (χ0v) is 13.7. The van der Waals surface area contributed by atoms with E-state index < -0.39 is 12.0 Å². The molecule has 2 aromatic carbocycles. The molecule has 0 saturated heterocycles. The fourth-order valence-corrected chi connectivity index (χ4v) is 2.26. The molecule has 0 saturated carbocycles. The molecule has 0 unspecified atom stereocenters. The maximum atomic E-state index is 11.9. The summed E-state index contributed by atoms with van der Waals surface area (Å²) < 4.78 is 10.6. The molecule has 128 valence electrons. The van der Waals surface area contributed by atoms with Crippen LogP contribution in [0, 0.1) is 0 Å². The van der Waals surface area contributed by atoms with Crippen LogP contribution in [-0.2, 0) is 4.79 Å². The normalized spacial score (nSPS) is 14.6. The molecule has 1 amide bonds. The molecule has 1 aliphatic rings. The van der Waals surface area contributed by atoms with Crippen molar-refractivity contribution in [3.63, 3.8) is 0 Å². The number of hydrogen-bond acceptors (Lipinski definition) is 5. The summed E-state index contributed by atoms with van der Waals surface area (Å²) in [6.07, 6.45) is 2.35. The number of nitrogens with zero attached hydrogens (tertiary/aromatic N) is 1. The third kappa shape index (κ3) is 4.24. The number of aliphatic hydroxyl groups excluding tert-OH is 1. The Morgan fingerprint density at radius 3 is 2.76 bits per heavy atom. The molecule has 6 nitrogen and oxygen atoms in total.